The fourth-order valence-electron chi connectivity index (χ4n) is 4.90. The number of hydrogen-bond acceptors (Lipinski definition) is 10. The molecule has 5 rings (SSSR count). The van der Waals surface area contributed by atoms with E-state index in [0.29, 0.717) is 53.5 Å². The number of hydrogen-bond donors (Lipinski definition) is 0. The average Bonchev–Trinajstić information content (AvgIpc) is 3.04. The molecule has 230 valence electrons. The predicted octanol–water partition coefficient (Wildman–Crippen LogP) is 5.21. The van der Waals surface area contributed by atoms with Crippen molar-refractivity contribution >= 4 is 21.9 Å². The Bertz CT molecular complexity index is 1930. The normalized spacial score (nSPS) is 11.0. The van der Waals surface area contributed by atoms with Crippen LogP contribution in [0.5, 0.6) is 34.5 Å². The standard InChI is InChI=1S/C32H31FN2O9/c1-38-20-15-23(39-2)27-24(16-20)44-29(18-12-25(40-3)30(42-5)26(13-18)41-4)31(28(27)36)43-11-7-6-10-35-17-34-22-9-8-19(33)14-21(22)32(35)37/h8-9,12-17H,6-7,10-11H2,1-5H3. The lowest BCUT2D eigenvalue weighted by molar-refractivity contribution is 0.295. The molecule has 0 unspecified atom stereocenters. The van der Waals surface area contributed by atoms with E-state index in [0.717, 1.165) is 0 Å². The summed E-state index contributed by atoms with van der Waals surface area (Å²) in [6.45, 7) is 0.442. The van der Waals surface area contributed by atoms with Crippen molar-refractivity contribution < 1.29 is 37.2 Å². The van der Waals surface area contributed by atoms with Gasteiger partial charge in [0.05, 0.1) is 59.4 Å². The zero-order chi connectivity index (χ0) is 31.4. The number of benzene rings is 3. The zero-order valence-electron chi connectivity index (χ0n) is 24.9. The molecule has 2 heterocycles. The lowest BCUT2D eigenvalue weighted by atomic mass is 10.1. The number of rotatable bonds is 12. The number of halogens is 1. The Labute approximate surface area is 251 Å². The van der Waals surface area contributed by atoms with Gasteiger partial charge in [-0.25, -0.2) is 9.37 Å². The second kappa shape index (κ2) is 12.9. The Kier molecular flexibility index (Phi) is 8.88. The van der Waals surface area contributed by atoms with Gasteiger partial charge in [0.25, 0.3) is 5.56 Å². The number of aromatic nitrogens is 2. The van der Waals surface area contributed by atoms with Gasteiger partial charge in [-0.1, -0.05) is 0 Å². The number of nitrogens with zero attached hydrogens (tertiary/aromatic N) is 2. The van der Waals surface area contributed by atoms with E-state index in [9.17, 15) is 14.0 Å². The zero-order valence-corrected chi connectivity index (χ0v) is 24.9. The molecule has 3 aromatic carbocycles. The van der Waals surface area contributed by atoms with Gasteiger partial charge in [-0.2, -0.15) is 0 Å². The molecular formula is C32H31FN2O9. The minimum Gasteiger partial charge on any atom is -0.496 e. The molecule has 0 atom stereocenters. The van der Waals surface area contributed by atoms with E-state index >= 15 is 0 Å². The molecule has 0 aliphatic heterocycles. The first-order chi connectivity index (χ1) is 21.3. The molecule has 0 spiro atoms. The summed E-state index contributed by atoms with van der Waals surface area (Å²) < 4.78 is 54.8. The van der Waals surface area contributed by atoms with E-state index in [4.69, 9.17) is 32.8 Å². The molecule has 0 radical (unpaired) electrons. The first kappa shape index (κ1) is 30.2. The molecule has 0 saturated heterocycles. The SMILES string of the molecule is COc1cc(OC)c2c(=O)c(OCCCCn3cnc4ccc(F)cc4c3=O)c(-c3cc(OC)c(OC)c(OC)c3)oc2c1. The summed E-state index contributed by atoms with van der Waals surface area (Å²) >= 11 is 0. The minimum absolute atomic E-state index is 0.0461. The molecule has 0 aliphatic rings. The van der Waals surface area contributed by atoms with Gasteiger partial charge in [0.1, 0.15) is 28.3 Å². The second-order valence-corrected chi connectivity index (χ2v) is 9.67. The molecule has 0 amide bonds. The van der Waals surface area contributed by atoms with E-state index in [1.165, 1.54) is 64.6 Å². The molecule has 0 bridgehead atoms. The smallest absolute Gasteiger partial charge is 0.261 e. The first-order valence-corrected chi connectivity index (χ1v) is 13.6. The monoisotopic (exact) mass is 606 g/mol. The van der Waals surface area contributed by atoms with Gasteiger partial charge in [0, 0.05) is 24.2 Å². The fraction of sp³-hybridized carbons (Fsp3) is 0.281. The highest BCUT2D eigenvalue weighted by atomic mass is 19.1. The second-order valence-electron chi connectivity index (χ2n) is 9.67. The topological polar surface area (TPSA) is 120 Å². The third-order valence-corrected chi connectivity index (χ3v) is 7.10. The van der Waals surface area contributed by atoms with Crippen molar-refractivity contribution in [1.29, 1.82) is 0 Å². The summed E-state index contributed by atoms with van der Waals surface area (Å²) in [6.07, 6.45) is 2.42. The van der Waals surface area contributed by atoms with Gasteiger partial charge in [0.15, 0.2) is 17.3 Å². The summed E-state index contributed by atoms with van der Waals surface area (Å²) in [7, 11) is 7.40. The number of methoxy groups -OCH3 is 5. The minimum atomic E-state index is -0.505. The van der Waals surface area contributed by atoms with E-state index in [-0.39, 0.29) is 45.8 Å². The molecule has 0 N–H and O–H groups in total. The van der Waals surface area contributed by atoms with Crippen LogP contribution in [0.25, 0.3) is 33.2 Å². The number of unbranched alkanes of at least 4 members (excludes halogenated alkanes) is 1. The van der Waals surface area contributed by atoms with Crippen LogP contribution in [0.15, 0.2) is 62.8 Å². The third kappa shape index (κ3) is 5.70. The Morgan fingerprint density at radius 3 is 2.20 bits per heavy atom. The van der Waals surface area contributed by atoms with Crippen molar-refractivity contribution in [2.24, 2.45) is 0 Å². The van der Waals surface area contributed by atoms with Crippen LogP contribution in [-0.4, -0.2) is 51.7 Å². The predicted molar refractivity (Wildman–Crippen MR) is 161 cm³/mol. The Morgan fingerprint density at radius 2 is 1.55 bits per heavy atom. The number of aryl methyl sites for hydroxylation is 1. The Morgan fingerprint density at radius 1 is 0.818 bits per heavy atom. The molecular weight excluding hydrogens is 575 g/mol. The van der Waals surface area contributed by atoms with Crippen LogP contribution in [0.3, 0.4) is 0 Å². The van der Waals surface area contributed by atoms with Gasteiger partial charge in [0.2, 0.25) is 16.9 Å². The van der Waals surface area contributed by atoms with Crippen molar-refractivity contribution in [1.82, 2.24) is 9.55 Å². The quantitative estimate of drug-likeness (QED) is 0.175. The van der Waals surface area contributed by atoms with Gasteiger partial charge < -0.3 is 32.8 Å². The molecule has 44 heavy (non-hydrogen) atoms. The Balaban J connectivity index is 1.49. The number of ether oxygens (including phenoxy) is 6. The highest BCUT2D eigenvalue weighted by Gasteiger charge is 2.24. The van der Waals surface area contributed by atoms with Crippen molar-refractivity contribution in [3.63, 3.8) is 0 Å². The van der Waals surface area contributed by atoms with Crippen LogP contribution in [0.1, 0.15) is 12.8 Å². The molecule has 11 nitrogen and oxygen atoms in total. The molecule has 2 aromatic heterocycles. The van der Waals surface area contributed by atoms with Crippen LogP contribution >= 0.6 is 0 Å². The summed E-state index contributed by atoms with van der Waals surface area (Å²) in [5, 5.41) is 0.388. The molecule has 5 aromatic rings. The maximum absolute atomic E-state index is 13.9. The Hall–Kier alpha value is -5.26. The molecule has 0 fully saturated rings. The van der Waals surface area contributed by atoms with Crippen LogP contribution in [0.2, 0.25) is 0 Å². The van der Waals surface area contributed by atoms with Crippen molar-refractivity contribution in [3.05, 3.63) is 75.2 Å². The van der Waals surface area contributed by atoms with Crippen molar-refractivity contribution in [2.75, 3.05) is 42.2 Å². The van der Waals surface area contributed by atoms with Gasteiger partial charge in [-0.15, -0.1) is 0 Å². The lowest BCUT2D eigenvalue weighted by Crippen LogP contribution is -2.21. The third-order valence-electron chi connectivity index (χ3n) is 7.10. The summed E-state index contributed by atoms with van der Waals surface area (Å²) in [5.41, 5.74) is 0.300. The van der Waals surface area contributed by atoms with E-state index in [1.54, 1.807) is 24.3 Å². The van der Waals surface area contributed by atoms with Gasteiger partial charge in [-0.05, 0) is 43.2 Å². The van der Waals surface area contributed by atoms with E-state index in [1.807, 2.05) is 0 Å². The summed E-state index contributed by atoms with van der Waals surface area (Å²) in [5.74, 6) is 1.35. The van der Waals surface area contributed by atoms with Gasteiger partial charge in [-0.3, -0.25) is 14.2 Å². The van der Waals surface area contributed by atoms with Crippen LogP contribution in [0, 0.1) is 5.82 Å². The fourth-order valence-corrected chi connectivity index (χ4v) is 4.90. The maximum Gasteiger partial charge on any atom is 0.261 e. The summed E-state index contributed by atoms with van der Waals surface area (Å²) in [4.78, 5) is 31.0. The lowest BCUT2D eigenvalue weighted by Gasteiger charge is -2.17. The maximum atomic E-state index is 13.9. The van der Waals surface area contributed by atoms with Crippen LogP contribution in [0.4, 0.5) is 4.39 Å². The highest BCUT2D eigenvalue weighted by molar-refractivity contribution is 5.89. The first-order valence-electron chi connectivity index (χ1n) is 13.6. The molecule has 0 saturated carbocycles. The van der Waals surface area contributed by atoms with Crippen molar-refractivity contribution in [2.45, 2.75) is 19.4 Å². The van der Waals surface area contributed by atoms with Crippen molar-refractivity contribution in [3.8, 4) is 45.8 Å². The highest BCUT2D eigenvalue weighted by Crippen LogP contribution is 2.44. The van der Waals surface area contributed by atoms with Crippen LogP contribution in [-0.2, 0) is 6.54 Å². The molecule has 0 aliphatic carbocycles. The summed E-state index contributed by atoms with van der Waals surface area (Å²) in [6, 6.07) is 10.4. The largest absolute Gasteiger partial charge is 0.496 e. The van der Waals surface area contributed by atoms with Gasteiger partial charge >= 0.3 is 0 Å². The van der Waals surface area contributed by atoms with Crippen LogP contribution < -0.4 is 39.4 Å². The number of fused-ring (bicyclic) bond motifs is 2. The molecule has 12 heteroatoms. The van der Waals surface area contributed by atoms with E-state index < -0.39 is 11.2 Å². The van der Waals surface area contributed by atoms with E-state index in [2.05, 4.69) is 4.98 Å². The average molecular weight is 607 g/mol.